The molecule has 3 heterocycles. The molecule has 118 valence electrons. The van der Waals surface area contributed by atoms with Crippen LogP contribution in [0.2, 0.25) is 0 Å². The second kappa shape index (κ2) is 7.06. The molecule has 0 atom stereocenters. The van der Waals surface area contributed by atoms with Gasteiger partial charge in [0.05, 0.1) is 19.7 Å². The highest BCUT2D eigenvalue weighted by atomic mass is 32.1. The predicted molar refractivity (Wildman–Crippen MR) is 94.0 cm³/mol. The van der Waals surface area contributed by atoms with Crippen LogP contribution in [-0.2, 0) is 4.74 Å². The fourth-order valence-electron chi connectivity index (χ4n) is 3.03. The highest BCUT2D eigenvalue weighted by molar-refractivity contribution is 7.08. The molecule has 0 saturated carbocycles. The predicted octanol–water partition coefficient (Wildman–Crippen LogP) is 4.37. The Morgan fingerprint density at radius 3 is 2.18 bits per heavy atom. The van der Waals surface area contributed by atoms with Gasteiger partial charge in [0.25, 0.3) is 0 Å². The number of hydrogen-bond acceptors (Lipinski definition) is 4. The van der Waals surface area contributed by atoms with Crippen molar-refractivity contribution in [3.8, 4) is 0 Å². The highest BCUT2D eigenvalue weighted by Gasteiger charge is 2.26. The molecular weight excluding hydrogens is 314 g/mol. The van der Waals surface area contributed by atoms with Gasteiger partial charge in [0.15, 0.2) is 0 Å². The molecule has 3 nitrogen and oxygen atoms in total. The Morgan fingerprint density at radius 2 is 1.73 bits per heavy atom. The minimum Gasteiger partial charge on any atom is -0.633 e. The van der Waals surface area contributed by atoms with Crippen LogP contribution in [-0.4, -0.2) is 38.0 Å². The van der Waals surface area contributed by atoms with E-state index in [2.05, 4.69) is 33.7 Å². The summed E-state index contributed by atoms with van der Waals surface area (Å²) in [6.45, 7) is 2.44. The minimum atomic E-state index is -0.113. The molecule has 5 heteroatoms. The third-order valence-electron chi connectivity index (χ3n) is 4.32. The lowest BCUT2D eigenvalue weighted by Crippen LogP contribution is -2.48. The first kappa shape index (κ1) is 15.9. The van der Waals surface area contributed by atoms with Crippen molar-refractivity contribution in [1.82, 2.24) is 0 Å². The number of thiophene rings is 2. The lowest BCUT2D eigenvalue weighted by Gasteiger charge is -2.46. The van der Waals surface area contributed by atoms with Crippen molar-refractivity contribution in [2.24, 2.45) is 0 Å². The van der Waals surface area contributed by atoms with Crippen LogP contribution in [0.3, 0.4) is 0 Å². The maximum atomic E-state index is 12.7. The molecule has 0 unspecified atom stereocenters. The van der Waals surface area contributed by atoms with E-state index in [1.165, 1.54) is 22.3 Å². The summed E-state index contributed by atoms with van der Waals surface area (Å²) >= 11 is 3.45. The van der Waals surface area contributed by atoms with E-state index >= 15 is 0 Å². The Labute approximate surface area is 139 Å². The number of methoxy groups -OCH3 is 1. The first-order valence-electron chi connectivity index (χ1n) is 7.55. The molecule has 0 spiro atoms. The van der Waals surface area contributed by atoms with Gasteiger partial charge in [0.1, 0.15) is 6.54 Å². The van der Waals surface area contributed by atoms with E-state index in [0.29, 0.717) is 26.2 Å². The lowest BCUT2D eigenvalue weighted by atomic mass is 9.91. The van der Waals surface area contributed by atoms with E-state index in [1.807, 2.05) is 0 Å². The largest absolute Gasteiger partial charge is 0.633 e. The van der Waals surface area contributed by atoms with Crippen LogP contribution < -0.4 is 0 Å². The highest BCUT2D eigenvalue weighted by Crippen LogP contribution is 2.35. The minimum absolute atomic E-state index is 0.113. The molecule has 0 amide bonds. The molecule has 1 aliphatic heterocycles. The van der Waals surface area contributed by atoms with Gasteiger partial charge in [-0.25, -0.2) is 0 Å². The van der Waals surface area contributed by atoms with Gasteiger partial charge >= 0.3 is 0 Å². The zero-order valence-electron chi connectivity index (χ0n) is 12.8. The molecule has 0 N–H and O–H groups in total. The summed E-state index contributed by atoms with van der Waals surface area (Å²) < 4.78 is 4.96. The fraction of sp³-hybridized carbons (Fsp3) is 0.412. The number of piperidine rings is 1. The van der Waals surface area contributed by atoms with Gasteiger partial charge in [-0.3, -0.25) is 0 Å². The van der Waals surface area contributed by atoms with Gasteiger partial charge in [0.2, 0.25) is 0 Å². The van der Waals surface area contributed by atoms with Gasteiger partial charge in [-0.05, 0) is 50.4 Å². The number of likely N-dealkylation sites (tertiary alicyclic amines) is 1. The summed E-state index contributed by atoms with van der Waals surface area (Å²) in [5.41, 5.74) is 5.36. The third kappa shape index (κ3) is 3.50. The van der Waals surface area contributed by atoms with Crippen molar-refractivity contribution < 1.29 is 9.38 Å². The van der Waals surface area contributed by atoms with Crippen LogP contribution in [0.4, 0.5) is 0 Å². The Morgan fingerprint density at radius 1 is 1.14 bits per heavy atom. The summed E-state index contributed by atoms with van der Waals surface area (Å²) in [5, 5.41) is 21.3. The van der Waals surface area contributed by atoms with Crippen LogP contribution in [0.15, 0.2) is 39.2 Å². The quantitative estimate of drug-likeness (QED) is 0.600. The molecule has 0 radical (unpaired) electrons. The summed E-state index contributed by atoms with van der Waals surface area (Å²) in [4.78, 5) is 0. The van der Waals surface area contributed by atoms with Crippen LogP contribution >= 0.6 is 22.7 Å². The normalized spacial score (nSPS) is 22.0. The number of quaternary nitrogens is 1. The molecule has 1 saturated heterocycles. The SMILES string of the molecule is COCC[N+]1([O-])CCC(=C(c2ccsc2)c2ccsc2)CC1. The van der Waals surface area contributed by atoms with Crippen molar-refractivity contribution in [2.45, 2.75) is 12.8 Å². The Kier molecular flexibility index (Phi) is 5.10. The van der Waals surface area contributed by atoms with Gasteiger partial charge in [0, 0.05) is 20.0 Å². The molecule has 2 aromatic heterocycles. The van der Waals surface area contributed by atoms with E-state index in [9.17, 15) is 5.21 Å². The second-order valence-electron chi connectivity index (χ2n) is 5.72. The molecule has 0 aliphatic carbocycles. The molecule has 1 aliphatic rings. The first-order chi connectivity index (χ1) is 10.7. The molecule has 3 rings (SSSR count). The summed E-state index contributed by atoms with van der Waals surface area (Å²) in [6.07, 6.45) is 1.77. The van der Waals surface area contributed by atoms with E-state index in [4.69, 9.17) is 4.74 Å². The number of ether oxygens (including phenoxy) is 1. The van der Waals surface area contributed by atoms with Crippen molar-refractivity contribution in [2.75, 3.05) is 33.4 Å². The topological polar surface area (TPSA) is 32.3 Å². The number of hydroxylamine groups is 3. The van der Waals surface area contributed by atoms with Crippen LogP contribution in [0, 0.1) is 5.21 Å². The maximum Gasteiger partial charge on any atom is 0.102 e. The summed E-state index contributed by atoms with van der Waals surface area (Å²) in [5.74, 6) is 0. The van der Waals surface area contributed by atoms with Crippen LogP contribution in [0.1, 0.15) is 24.0 Å². The maximum absolute atomic E-state index is 12.7. The van der Waals surface area contributed by atoms with E-state index in [-0.39, 0.29) is 4.65 Å². The Balaban J connectivity index is 1.85. The summed E-state index contributed by atoms with van der Waals surface area (Å²) in [7, 11) is 1.66. The average Bonchev–Trinajstić information content (AvgIpc) is 3.22. The van der Waals surface area contributed by atoms with Gasteiger partial charge < -0.3 is 14.6 Å². The first-order valence-corrected chi connectivity index (χ1v) is 9.44. The smallest absolute Gasteiger partial charge is 0.102 e. The molecular formula is C17H21NO2S2. The van der Waals surface area contributed by atoms with Crippen LogP contribution in [0.5, 0.6) is 0 Å². The average molecular weight is 335 g/mol. The van der Waals surface area contributed by atoms with Gasteiger partial charge in [-0.1, -0.05) is 5.57 Å². The van der Waals surface area contributed by atoms with Crippen molar-refractivity contribution in [3.63, 3.8) is 0 Å². The van der Waals surface area contributed by atoms with E-state index in [1.54, 1.807) is 29.8 Å². The summed E-state index contributed by atoms with van der Waals surface area (Å²) in [6, 6.07) is 4.37. The van der Waals surface area contributed by atoms with Crippen molar-refractivity contribution in [1.29, 1.82) is 0 Å². The molecule has 0 aromatic carbocycles. The Bertz CT molecular complexity index is 571. The van der Waals surface area contributed by atoms with Crippen molar-refractivity contribution >= 4 is 28.2 Å². The monoisotopic (exact) mass is 335 g/mol. The molecule has 0 bridgehead atoms. The number of rotatable bonds is 5. The van der Waals surface area contributed by atoms with Gasteiger partial charge in [-0.15, -0.1) is 0 Å². The Hall–Kier alpha value is -0.980. The van der Waals surface area contributed by atoms with E-state index in [0.717, 1.165) is 12.8 Å². The van der Waals surface area contributed by atoms with E-state index < -0.39 is 0 Å². The van der Waals surface area contributed by atoms with Crippen molar-refractivity contribution in [3.05, 3.63) is 55.6 Å². The van der Waals surface area contributed by atoms with Gasteiger partial charge in [-0.2, -0.15) is 22.7 Å². The molecule has 1 fully saturated rings. The third-order valence-corrected chi connectivity index (χ3v) is 5.68. The zero-order valence-corrected chi connectivity index (χ0v) is 14.4. The number of nitrogens with zero attached hydrogens (tertiary/aromatic N) is 1. The lowest BCUT2D eigenvalue weighted by molar-refractivity contribution is -0.883. The standard InChI is InChI=1S/C17H21NO2S2/c1-20-9-8-18(19)6-2-14(3-7-18)17(15-4-10-21-12-15)16-5-11-22-13-16/h4-5,10-13H,2-3,6-9H2,1H3. The molecule has 2 aromatic rings. The zero-order chi connectivity index (χ0) is 15.4. The van der Waals surface area contributed by atoms with Crippen LogP contribution in [0.25, 0.3) is 5.57 Å². The fourth-order valence-corrected chi connectivity index (χ4v) is 4.33. The second-order valence-corrected chi connectivity index (χ2v) is 7.28. The molecule has 22 heavy (non-hydrogen) atoms. The number of hydrogen-bond donors (Lipinski definition) is 0.